The van der Waals surface area contributed by atoms with Crippen molar-refractivity contribution >= 4 is 12.0 Å². The van der Waals surface area contributed by atoms with Crippen LogP contribution in [0.5, 0.6) is 0 Å². The smallest absolute Gasteiger partial charge is 0.328 e. The van der Waals surface area contributed by atoms with Gasteiger partial charge in [-0.3, -0.25) is 4.68 Å². The maximum absolute atomic E-state index is 10.3. The molecule has 0 bridgehead atoms. The van der Waals surface area contributed by atoms with Crippen LogP contribution in [-0.2, 0) is 4.79 Å². The van der Waals surface area contributed by atoms with Crippen LogP contribution in [0, 0.1) is 0 Å². The van der Waals surface area contributed by atoms with E-state index in [0.29, 0.717) is 6.04 Å². The third-order valence-corrected chi connectivity index (χ3v) is 2.08. The highest BCUT2D eigenvalue weighted by Gasteiger charge is 2.02. The van der Waals surface area contributed by atoms with Crippen LogP contribution >= 0.6 is 0 Å². The zero-order chi connectivity index (χ0) is 10.6. The molecule has 1 aromatic heterocycles. The first kappa shape index (κ1) is 10.5. The summed E-state index contributed by atoms with van der Waals surface area (Å²) < 4.78 is 1.83. The van der Waals surface area contributed by atoms with Gasteiger partial charge in [-0.05, 0) is 19.4 Å². The second-order valence-electron chi connectivity index (χ2n) is 3.18. The topological polar surface area (TPSA) is 55.1 Å². The molecule has 0 aromatic carbocycles. The van der Waals surface area contributed by atoms with Crippen LogP contribution < -0.4 is 0 Å². The Morgan fingerprint density at radius 3 is 3.07 bits per heavy atom. The normalized spacial score (nSPS) is 13.3. The Labute approximate surface area is 82.9 Å². The Hall–Kier alpha value is -1.58. The monoisotopic (exact) mass is 194 g/mol. The number of aromatic nitrogens is 2. The highest BCUT2D eigenvalue weighted by atomic mass is 16.4. The summed E-state index contributed by atoms with van der Waals surface area (Å²) in [6, 6.07) is 0.349. The summed E-state index contributed by atoms with van der Waals surface area (Å²) in [6.07, 6.45) is 7.15. The van der Waals surface area contributed by atoms with Crippen LogP contribution in [0.15, 0.2) is 18.5 Å². The average Bonchev–Trinajstić information content (AvgIpc) is 2.62. The van der Waals surface area contributed by atoms with Crippen molar-refractivity contribution in [1.29, 1.82) is 0 Å². The number of carboxylic acid groups (broad SMARTS) is 1. The molecule has 76 valence electrons. The fraction of sp³-hybridized carbons (Fsp3) is 0.400. The van der Waals surface area contributed by atoms with Crippen molar-refractivity contribution < 1.29 is 9.90 Å². The van der Waals surface area contributed by atoms with E-state index in [0.717, 1.165) is 18.1 Å². The molecule has 0 radical (unpaired) electrons. The fourth-order valence-electron chi connectivity index (χ4n) is 1.03. The van der Waals surface area contributed by atoms with Crippen LogP contribution in [0.1, 0.15) is 31.9 Å². The highest BCUT2D eigenvalue weighted by molar-refractivity contribution is 5.85. The van der Waals surface area contributed by atoms with Crippen LogP contribution in [0.25, 0.3) is 6.08 Å². The van der Waals surface area contributed by atoms with Gasteiger partial charge >= 0.3 is 5.97 Å². The van der Waals surface area contributed by atoms with E-state index in [4.69, 9.17) is 5.11 Å². The van der Waals surface area contributed by atoms with Gasteiger partial charge in [0.25, 0.3) is 0 Å². The summed E-state index contributed by atoms with van der Waals surface area (Å²) in [5.41, 5.74) is 0.813. The minimum atomic E-state index is -0.943. The molecule has 0 aliphatic carbocycles. The van der Waals surface area contributed by atoms with Crippen LogP contribution in [-0.4, -0.2) is 20.9 Å². The average molecular weight is 194 g/mol. The van der Waals surface area contributed by atoms with Gasteiger partial charge in [0, 0.05) is 23.9 Å². The molecule has 0 aliphatic rings. The van der Waals surface area contributed by atoms with Gasteiger partial charge < -0.3 is 5.11 Å². The molecule has 1 heterocycles. The van der Waals surface area contributed by atoms with Crippen molar-refractivity contribution in [3.8, 4) is 0 Å². The summed E-state index contributed by atoms with van der Waals surface area (Å²) >= 11 is 0. The van der Waals surface area contributed by atoms with E-state index < -0.39 is 5.97 Å². The molecule has 0 saturated heterocycles. The summed E-state index contributed by atoms with van der Waals surface area (Å²) in [6.45, 7) is 4.15. The van der Waals surface area contributed by atoms with Gasteiger partial charge in [-0.1, -0.05) is 6.92 Å². The van der Waals surface area contributed by atoms with Gasteiger partial charge in [0.05, 0.1) is 6.20 Å². The standard InChI is InChI=1S/C10H14N2O2/c1-3-8(2)12-7-9(6-11-12)4-5-10(13)14/h4-8H,3H2,1-2H3,(H,13,14)/b5-4+/t8-/m1/s1. The van der Waals surface area contributed by atoms with E-state index >= 15 is 0 Å². The van der Waals surface area contributed by atoms with Gasteiger partial charge in [0.15, 0.2) is 0 Å². The minimum absolute atomic E-state index is 0.349. The Morgan fingerprint density at radius 2 is 2.50 bits per heavy atom. The molecule has 0 aliphatic heterocycles. The number of nitrogens with zero attached hydrogens (tertiary/aromatic N) is 2. The van der Waals surface area contributed by atoms with E-state index in [1.165, 1.54) is 6.08 Å². The van der Waals surface area contributed by atoms with Crippen LogP contribution in [0.2, 0.25) is 0 Å². The molecule has 1 atom stereocenters. The Bertz CT molecular complexity index is 342. The molecule has 0 saturated carbocycles. The summed E-state index contributed by atoms with van der Waals surface area (Å²) in [5.74, 6) is -0.943. The van der Waals surface area contributed by atoms with E-state index in [9.17, 15) is 4.79 Å². The fourth-order valence-corrected chi connectivity index (χ4v) is 1.03. The predicted molar refractivity (Wildman–Crippen MR) is 53.9 cm³/mol. The number of hydrogen-bond donors (Lipinski definition) is 1. The molecule has 0 spiro atoms. The molecule has 1 rings (SSSR count). The summed E-state index contributed by atoms with van der Waals surface area (Å²) in [7, 11) is 0. The van der Waals surface area contributed by atoms with E-state index in [1.807, 2.05) is 10.9 Å². The van der Waals surface area contributed by atoms with Crippen molar-refractivity contribution in [3.05, 3.63) is 24.0 Å². The molecular weight excluding hydrogens is 180 g/mol. The quantitative estimate of drug-likeness (QED) is 0.745. The lowest BCUT2D eigenvalue weighted by atomic mass is 10.2. The molecule has 14 heavy (non-hydrogen) atoms. The lowest BCUT2D eigenvalue weighted by Gasteiger charge is -2.07. The van der Waals surface area contributed by atoms with Gasteiger partial charge in [-0.25, -0.2) is 4.79 Å². The number of carbonyl (C=O) groups is 1. The highest BCUT2D eigenvalue weighted by Crippen LogP contribution is 2.10. The first-order valence-electron chi connectivity index (χ1n) is 4.58. The molecule has 0 amide bonds. The van der Waals surface area contributed by atoms with Gasteiger partial charge in [0.1, 0.15) is 0 Å². The van der Waals surface area contributed by atoms with Crippen molar-refractivity contribution in [2.75, 3.05) is 0 Å². The van der Waals surface area contributed by atoms with Gasteiger partial charge in [-0.2, -0.15) is 5.10 Å². The predicted octanol–water partition coefficient (Wildman–Crippen LogP) is 1.95. The Morgan fingerprint density at radius 1 is 1.79 bits per heavy atom. The van der Waals surface area contributed by atoms with Gasteiger partial charge in [0.2, 0.25) is 0 Å². The molecule has 4 heteroatoms. The summed E-state index contributed by atoms with van der Waals surface area (Å²) in [4.78, 5) is 10.3. The third-order valence-electron chi connectivity index (χ3n) is 2.08. The van der Waals surface area contributed by atoms with E-state index in [1.54, 1.807) is 6.20 Å². The second-order valence-corrected chi connectivity index (χ2v) is 3.18. The number of aliphatic carboxylic acids is 1. The largest absolute Gasteiger partial charge is 0.478 e. The maximum Gasteiger partial charge on any atom is 0.328 e. The van der Waals surface area contributed by atoms with Crippen molar-refractivity contribution in [1.82, 2.24) is 9.78 Å². The minimum Gasteiger partial charge on any atom is -0.478 e. The zero-order valence-corrected chi connectivity index (χ0v) is 8.34. The lowest BCUT2D eigenvalue weighted by molar-refractivity contribution is -0.131. The Kier molecular flexibility index (Phi) is 3.45. The third kappa shape index (κ3) is 2.73. The van der Waals surface area contributed by atoms with Crippen LogP contribution in [0.3, 0.4) is 0 Å². The zero-order valence-electron chi connectivity index (χ0n) is 8.34. The second kappa shape index (κ2) is 4.60. The van der Waals surface area contributed by atoms with Crippen LogP contribution in [0.4, 0.5) is 0 Å². The lowest BCUT2D eigenvalue weighted by Crippen LogP contribution is -2.03. The van der Waals surface area contributed by atoms with Crippen molar-refractivity contribution in [2.45, 2.75) is 26.3 Å². The first-order chi connectivity index (χ1) is 6.63. The molecular formula is C10H14N2O2. The first-order valence-corrected chi connectivity index (χ1v) is 4.58. The van der Waals surface area contributed by atoms with Crippen molar-refractivity contribution in [2.24, 2.45) is 0 Å². The SMILES string of the molecule is CC[C@@H](C)n1cc(/C=C/C(=O)O)cn1. The van der Waals surface area contributed by atoms with E-state index in [2.05, 4.69) is 18.9 Å². The molecule has 4 nitrogen and oxygen atoms in total. The number of carboxylic acids is 1. The maximum atomic E-state index is 10.3. The Balaban J connectivity index is 2.73. The number of hydrogen-bond acceptors (Lipinski definition) is 2. The molecule has 0 unspecified atom stereocenters. The molecule has 1 aromatic rings. The summed E-state index contributed by atoms with van der Waals surface area (Å²) in [5, 5.41) is 12.6. The molecule has 0 fully saturated rings. The van der Waals surface area contributed by atoms with Gasteiger partial charge in [-0.15, -0.1) is 0 Å². The molecule has 1 N–H and O–H groups in total. The van der Waals surface area contributed by atoms with Crippen molar-refractivity contribution in [3.63, 3.8) is 0 Å². The van der Waals surface area contributed by atoms with E-state index in [-0.39, 0.29) is 0 Å². The number of rotatable bonds is 4.